The SMILES string of the molecule is O=c1[nH]c(SCc2ccc(F)cc2)nc2c1CC=N2. The van der Waals surface area contributed by atoms with Crippen molar-refractivity contribution in [2.24, 2.45) is 4.99 Å². The molecule has 0 bridgehead atoms. The largest absolute Gasteiger partial charge is 0.301 e. The molecule has 1 aliphatic rings. The van der Waals surface area contributed by atoms with Crippen molar-refractivity contribution in [1.82, 2.24) is 9.97 Å². The summed E-state index contributed by atoms with van der Waals surface area (Å²) < 4.78 is 12.8. The molecule has 1 aliphatic heterocycles. The summed E-state index contributed by atoms with van der Waals surface area (Å²) in [7, 11) is 0. The maximum atomic E-state index is 12.8. The zero-order valence-corrected chi connectivity index (χ0v) is 10.7. The van der Waals surface area contributed by atoms with Crippen LogP contribution in [0.2, 0.25) is 0 Å². The molecule has 0 aliphatic carbocycles. The summed E-state index contributed by atoms with van der Waals surface area (Å²) in [5, 5.41) is 0.534. The number of aromatic amines is 1. The van der Waals surface area contributed by atoms with Gasteiger partial charge < -0.3 is 4.98 Å². The third kappa shape index (κ3) is 2.58. The number of halogens is 1. The average molecular weight is 275 g/mol. The Kier molecular flexibility index (Phi) is 3.16. The molecule has 0 radical (unpaired) electrons. The molecule has 0 unspecified atom stereocenters. The molecular weight excluding hydrogens is 265 g/mol. The quantitative estimate of drug-likeness (QED) is 0.691. The Bertz CT molecular complexity index is 694. The first-order valence-electron chi connectivity index (χ1n) is 5.75. The van der Waals surface area contributed by atoms with Crippen LogP contribution in [0.5, 0.6) is 0 Å². The minimum atomic E-state index is -0.257. The van der Waals surface area contributed by atoms with Crippen LogP contribution >= 0.6 is 11.8 Å². The Morgan fingerprint density at radius 1 is 1.32 bits per heavy atom. The normalized spacial score (nSPS) is 12.7. The van der Waals surface area contributed by atoms with E-state index in [-0.39, 0.29) is 11.4 Å². The second-order valence-electron chi connectivity index (χ2n) is 4.10. The summed E-state index contributed by atoms with van der Waals surface area (Å²) >= 11 is 1.40. The van der Waals surface area contributed by atoms with E-state index in [1.807, 2.05) is 0 Å². The summed E-state index contributed by atoms with van der Waals surface area (Å²) in [5.74, 6) is 0.864. The molecule has 0 amide bonds. The van der Waals surface area contributed by atoms with Crippen molar-refractivity contribution in [3.63, 3.8) is 0 Å². The van der Waals surface area contributed by atoms with Gasteiger partial charge in [-0.15, -0.1) is 0 Å². The van der Waals surface area contributed by atoms with E-state index >= 15 is 0 Å². The second kappa shape index (κ2) is 4.97. The molecule has 1 aromatic heterocycles. The predicted molar refractivity (Wildman–Crippen MR) is 72.7 cm³/mol. The molecular formula is C13H10FN3OS. The minimum Gasteiger partial charge on any atom is -0.301 e. The lowest BCUT2D eigenvalue weighted by Crippen LogP contribution is -2.13. The summed E-state index contributed by atoms with van der Waals surface area (Å²) in [6.45, 7) is 0. The zero-order valence-electron chi connectivity index (χ0n) is 9.89. The summed E-state index contributed by atoms with van der Waals surface area (Å²) in [4.78, 5) is 22.8. The van der Waals surface area contributed by atoms with Crippen molar-refractivity contribution < 1.29 is 4.39 Å². The molecule has 0 saturated carbocycles. The van der Waals surface area contributed by atoms with Crippen LogP contribution in [0.4, 0.5) is 10.2 Å². The van der Waals surface area contributed by atoms with Gasteiger partial charge in [0.05, 0.1) is 5.56 Å². The van der Waals surface area contributed by atoms with E-state index < -0.39 is 0 Å². The van der Waals surface area contributed by atoms with Gasteiger partial charge in [-0.05, 0) is 17.7 Å². The zero-order chi connectivity index (χ0) is 13.2. The number of H-pyrrole nitrogens is 1. The van der Waals surface area contributed by atoms with Gasteiger partial charge in [-0.1, -0.05) is 23.9 Å². The number of fused-ring (bicyclic) bond motifs is 1. The Morgan fingerprint density at radius 2 is 2.11 bits per heavy atom. The molecule has 1 aromatic carbocycles. The third-order valence-corrected chi connectivity index (χ3v) is 3.71. The highest BCUT2D eigenvalue weighted by Crippen LogP contribution is 2.23. The second-order valence-corrected chi connectivity index (χ2v) is 5.07. The van der Waals surface area contributed by atoms with Crippen LogP contribution in [0.15, 0.2) is 39.2 Å². The fourth-order valence-corrected chi connectivity index (χ4v) is 2.59. The number of aliphatic imine (C=N–C) groups is 1. The molecule has 19 heavy (non-hydrogen) atoms. The van der Waals surface area contributed by atoms with E-state index in [1.54, 1.807) is 18.3 Å². The highest BCUT2D eigenvalue weighted by Gasteiger charge is 2.14. The fourth-order valence-electron chi connectivity index (χ4n) is 1.78. The van der Waals surface area contributed by atoms with Crippen molar-refractivity contribution in [2.45, 2.75) is 17.3 Å². The number of benzene rings is 1. The van der Waals surface area contributed by atoms with Gasteiger partial charge in [-0.25, -0.2) is 14.4 Å². The highest BCUT2D eigenvalue weighted by molar-refractivity contribution is 7.98. The lowest BCUT2D eigenvalue weighted by atomic mass is 10.2. The van der Waals surface area contributed by atoms with Gasteiger partial charge >= 0.3 is 0 Å². The van der Waals surface area contributed by atoms with Crippen LogP contribution in [-0.2, 0) is 12.2 Å². The molecule has 0 fully saturated rings. The molecule has 0 atom stereocenters. The number of nitrogens with zero attached hydrogens (tertiary/aromatic N) is 2. The molecule has 2 aromatic rings. The number of nitrogens with one attached hydrogen (secondary N) is 1. The van der Waals surface area contributed by atoms with E-state index in [1.165, 1.54) is 23.9 Å². The Labute approximate surface area is 112 Å². The standard InChI is InChI=1S/C13H10FN3OS/c14-9-3-1-8(2-4-9)7-19-13-16-11-10(5-6-15-11)12(18)17-13/h1-4,6H,5,7H2,(H,16,17,18). The summed E-state index contributed by atoms with van der Waals surface area (Å²) in [5.41, 5.74) is 1.45. The van der Waals surface area contributed by atoms with Gasteiger partial charge in [0.1, 0.15) is 5.82 Å². The smallest absolute Gasteiger partial charge is 0.257 e. The molecule has 0 spiro atoms. The lowest BCUT2D eigenvalue weighted by molar-refractivity contribution is 0.627. The van der Waals surface area contributed by atoms with E-state index in [0.29, 0.717) is 28.7 Å². The maximum Gasteiger partial charge on any atom is 0.257 e. The van der Waals surface area contributed by atoms with Crippen LogP contribution in [-0.4, -0.2) is 16.2 Å². The fraction of sp³-hybridized carbons (Fsp3) is 0.154. The van der Waals surface area contributed by atoms with Gasteiger partial charge in [0, 0.05) is 18.4 Å². The van der Waals surface area contributed by atoms with Crippen molar-refractivity contribution in [1.29, 1.82) is 0 Å². The van der Waals surface area contributed by atoms with Crippen molar-refractivity contribution in [3.05, 3.63) is 51.6 Å². The summed E-state index contributed by atoms with van der Waals surface area (Å²) in [6, 6.07) is 6.26. The number of aromatic nitrogens is 2. The van der Waals surface area contributed by atoms with Gasteiger partial charge in [0.2, 0.25) is 0 Å². The monoisotopic (exact) mass is 275 g/mol. The molecule has 2 heterocycles. The Hall–Kier alpha value is -1.95. The van der Waals surface area contributed by atoms with E-state index in [0.717, 1.165) is 5.56 Å². The molecule has 4 nitrogen and oxygen atoms in total. The Morgan fingerprint density at radius 3 is 2.89 bits per heavy atom. The number of hydrogen-bond acceptors (Lipinski definition) is 4. The first-order chi connectivity index (χ1) is 9.22. The highest BCUT2D eigenvalue weighted by atomic mass is 32.2. The average Bonchev–Trinajstić information content (AvgIpc) is 2.87. The molecule has 6 heteroatoms. The van der Waals surface area contributed by atoms with Gasteiger partial charge in [-0.2, -0.15) is 0 Å². The third-order valence-electron chi connectivity index (χ3n) is 2.77. The van der Waals surface area contributed by atoms with Crippen LogP contribution in [0.1, 0.15) is 11.1 Å². The molecule has 96 valence electrons. The first kappa shape index (κ1) is 12.1. The summed E-state index contributed by atoms with van der Waals surface area (Å²) in [6.07, 6.45) is 2.22. The molecule has 0 saturated heterocycles. The number of hydrogen-bond donors (Lipinski definition) is 1. The van der Waals surface area contributed by atoms with Crippen LogP contribution < -0.4 is 5.56 Å². The van der Waals surface area contributed by atoms with E-state index in [9.17, 15) is 9.18 Å². The van der Waals surface area contributed by atoms with Gasteiger partial charge in [0.15, 0.2) is 11.0 Å². The van der Waals surface area contributed by atoms with Crippen LogP contribution in [0.25, 0.3) is 0 Å². The van der Waals surface area contributed by atoms with Crippen molar-refractivity contribution in [3.8, 4) is 0 Å². The molecule has 1 N–H and O–H groups in total. The number of thioether (sulfide) groups is 1. The Balaban J connectivity index is 1.77. The van der Waals surface area contributed by atoms with Crippen molar-refractivity contribution in [2.75, 3.05) is 0 Å². The lowest BCUT2D eigenvalue weighted by Gasteiger charge is -2.03. The van der Waals surface area contributed by atoms with Crippen LogP contribution in [0.3, 0.4) is 0 Å². The maximum absolute atomic E-state index is 12.8. The van der Waals surface area contributed by atoms with Crippen molar-refractivity contribution >= 4 is 23.8 Å². The number of rotatable bonds is 3. The van der Waals surface area contributed by atoms with Gasteiger partial charge in [-0.3, -0.25) is 4.79 Å². The first-order valence-corrected chi connectivity index (χ1v) is 6.74. The topological polar surface area (TPSA) is 58.1 Å². The van der Waals surface area contributed by atoms with Crippen LogP contribution in [0, 0.1) is 5.82 Å². The van der Waals surface area contributed by atoms with E-state index in [2.05, 4.69) is 15.0 Å². The predicted octanol–water partition coefficient (Wildman–Crippen LogP) is 2.46. The molecule has 3 rings (SSSR count). The minimum absolute atomic E-state index is 0.135. The van der Waals surface area contributed by atoms with E-state index in [4.69, 9.17) is 0 Å². The van der Waals surface area contributed by atoms with Gasteiger partial charge in [0.25, 0.3) is 5.56 Å².